The largest absolute Gasteiger partial charge is 0.384 e. The van der Waals surface area contributed by atoms with Gasteiger partial charge in [-0.2, -0.15) is 0 Å². The van der Waals surface area contributed by atoms with E-state index in [1.54, 1.807) is 24.0 Å². The summed E-state index contributed by atoms with van der Waals surface area (Å²) in [5.41, 5.74) is 5.54. The quantitative estimate of drug-likeness (QED) is 0.766. The van der Waals surface area contributed by atoms with Gasteiger partial charge in [0.25, 0.3) is 0 Å². The van der Waals surface area contributed by atoms with Gasteiger partial charge < -0.3 is 5.73 Å². The monoisotopic (exact) mass is 208 g/mol. The van der Waals surface area contributed by atoms with Crippen LogP contribution in [0.15, 0.2) is 28.4 Å². The third kappa shape index (κ3) is 1.82. The van der Waals surface area contributed by atoms with Crippen LogP contribution >= 0.6 is 11.8 Å². The smallest absolute Gasteiger partial charge is 0.213 e. The van der Waals surface area contributed by atoms with Crippen molar-refractivity contribution in [1.29, 1.82) is 0 Å². The van der Waals surface area contributed by atoms with Crippen molar-refractivity contribution in [3.8, 4) is 0 Å². The van der Waals surface area contributed by atoms with Crippen LogP contribution in [-0.2, 0) is 7.05 Å². The standard InChI is InChI=1S/C7H8N6S/c1-13-7(10-11-12-13)14-5-2-3-9-6(8)4-5/h2-4H,1H3,(H2,8,9). The molecule has 0 aromatic carbocycles. The predicted molar refractivity (Wildman–Crippen MR) is 51.6 cm³/mol. The number of aromatic nitrogens is 5. The maximum absolute atomic E-state index is 5.54. The Hall–Kier alpha value is -1.63. The summed E-state index contributed by atoms with van der Waals surface area (Å²) in [5.74, 6) is 0.491. The van der Waals surface area contributed by atoms with Gasteiger partial charge in [-0.3, -0.25) is 0 Å². The predicted octanol–water partition coefficient (Wildman–Crippen LogP) is 0.338. The molecule has 2 aromatic heterocycles. The minimum atomic E-state index is 0.491. The Labute approximate surface area is 84.5 Å². The molecule has 2 N–H and O–H groups in total. The summed E-state index contributed by atoms with van der Waals surface area (Å²) in [6, 6.07) is 3.63. The molecule has 0 aliphatic rings. The molecule has 0 saturated heterocycles. The molecule has 2 heterocycles. The minimum Gasteiger partial charge on any atom is -0.384 e. The molecular formula is C7H8N6S. The number of nitrogens with zero attached hydrogens (tertiary/aromatic N) is 5. The normalized spacial score (nSPS) is 10.4. The first-order valence-electron chi connectivity index (χ1n) is 3.87. The van der Waals surface area contributed by atoms with Crippen molar-refractivity contribution >= 4 is 17.6 Å². The van der Waals surface area contributed by atoms with Crippen molar-refractivity contribution in [2.24, 2.45) is 7.05 Å². The van der Waals surface area contributed by atoms with Crippen LogP contribution in [0.3, 0.4) is 0 Å². The lowest BCUT2D eigenvalue weighted by molar-refractivity contribution is 0.664. The average molecular weight is 208 g/mol. The molecule has 2 aromatic rings. The highest BCUT2D eigenvalue weighted by Crippen LogP contribution is 2.24. The Balaban J connectivity index is 2.23. The molecule has 0 saturated carbocycles. The molecule has 0 aliphatic heterocycles. The van der Waals surface area contributed by atoms with Crippen molar-refractivity contribution in [1.82, 2.24) is 25.2 Å². The van der Waals surface area contributed by atoms with E-state index in [1.807, 2.05) is 6.07 Å². The number of nitrogens with two attached hydrogens (primary N) is 1. The van der Waals surface area contributed by atoms with E-state index in [2.05, 4.69) is 20.5 Å². The Morgan fingerprint density at radius 3 is 3.00 bits per heavy atom. The van der Waals surface area contributed by atoms with Gasteiger partial charge in [-0.05, 0) is 34.3 Å². The Bertz CT molecular complexity index is 439. The Kier molecular flexibility index (Phi) is 2.32. The third-order valence-corrected chi connectivity index (χ3v) is 2.56. The molecule has 0 aliphatic carbocycles. The van der Waals surface area contributed by atoms with E-state index >= 15 is 0 Å². The molecule has 2 rings (SSSR count). The fourth-order valence-corrected chi connectivity index (χ4v) is 1.67. The highest BCUT2D eigenvalue weighted by Gasteiger charge is 2.04. The van der Waals surface area contributed by atoms with E-state index in [9.17, 15) is 0 Å². The third-order valence-electron chi connectivity index (χ3n) is 1.54. The molecule has 72 valence electrons. The number of pyridine rings is 1. The van der Waals surface area contributed by atoms with E-state index in [-0.39, 0.29) is 0 Å². The molecule has 0 spiro atoms. The van der Waals surface area contributed by atoms with Crippen LogP contribution in [0.25, 0.3) is 0 Å². The second kappa shape index (κ2) is 3.62. The fraction of sp³-hybridized carbons (Fsp3) is 0.143. The van der Waals surface area contributed by atoms with Gasteiger partial charge in [-0.25, -0.2) is 9.67 Å². The number of rotatable bonds is 2. The number of hydrogen-bond acceptors (Lipinski definition) is 6. The van der Waals surface area contributed by atoms with Crippen LogP contribution in [0.5, 0.6) is 0 Å². The van der Waals surface area contributed by atoms with Crippen molar-refractivity contribution < 1.29 is 0 Å². The second-order valence-corrected chi connectivity index (χ2v) is 3.64. The topological polar surface area (TPSA) is 82.5 Å². The summed E-state index contributed by atoms with van der Waals surface area (Å²) in [5, 5.41) is 11.8. The van der Waals surface area contributed by atoms with Crippen molar-refractivity contribution in [2.75, 3.05) is 5.73 Å². The molecule has 7 heteroatoms. The van der Waals surface area contributed by atoms with E-state index in [0.717, 1.165) is 10.1 Å². The zero-order chi connectivity index (χ0) is 9.97. The lowest BCUT2D eigenvalue weighted by atomic mass is 10.5. The van der Waals surface area contributed by atoms with Gasteiger partial charge in [-0.15, -0.1) is 5.10 Å². The van der Waals surface area contributed by atoms with Gasteiger partial charge in [0.05, 0.1) is 0 Å². The lowest BCUT2D eigenvalue weighted by Crippen LogP contribution is -1.93. The van der Waals surface area contributed by atoms with Crippen LogP contribution in [0.4, 0.5) is 5.82 Å². The number of aryl methyl sites for hydroxylation is 1. The maximum Gasteiger partial charge on any atom is 0.213 e. The van der Waals surface area contributed by atoms with Crippen LogP contribution < -0.4 is 5.73 Å². The van der Waals surface area contributed by atoms with E-state index in [4.69, 9.17) is 5.73 Å². The van der Waals surface area contributed by atoms with Crippen molar-refractivity contribution in [3.63, 3.8) is 0 Å². The summed E-state index contributed by atoms with van der Waals surface area (Å²) >= 11 is 1.44. The van der Waals surface area contributed by atoms with Crippen LogP contribution in [0.1, 0.15) is 0 Å². The molecule has 0 atom stereocenters. The molecule has 0 fully saturated rings. The highest BCUT2D eigenvalue weighted by atomic mass is 32.2. The first-order chi connectivity index (χ1) is 6.75. The summed E-state index contributed by atoms with van der Waals surface area (Å²) in [7, 11) is 1.78. The van der Waals surface area contributed by atoms with Crippen molar-refractivity contribution in [3.05, 3.63) is 18.3 Å². The van der Waals surface area contributed by atoms with E-state index < -0.39 is 0 Å². The Morgan fingerprint density at radius 2 is 2.36 bits per heavy atom. The lowest BCUT2D eigenvalue weighted by Gasteiger charge is -1.99. The fourth-order valence-electron chi connectivity index (χ4n) is 0.905. The molecular weight excluding hydrogens is 200 g/mol. The summed E-state index contributed by atoms with van der Waals surface area (Å²) in [4.78, 5) is 4.87. The van der Waals surface area contributed by atoms with Crippen LogP contribution in [0.2, 0.25) is 0 Å². The van der Waals surface area contributed by atoms with Gasteiger partial charge in [0.15, 0.2) is 0 Å². The summed E-state index contributed by atoms with van der Waals surface area (Å²) < 4.78 is 1.60. The molecule has 14 heavy (non-hydrogen) atoms. The van der Waals surface area contributed by atoms with Crippen LogP contribution in [-0.4, -0.2) is 25.2 Å². The Morgan fingerprint density at radius 1 is 1.50 bits per heavy atom. The maximum atomic E-state index is 5.54. The second-order valence-electron chi connectivity index (χ2n) is 2.60. The van der Waals surface area contributed by atoms with Gasteiger partial charge >= 0.3 is 0 Å². The van der Waals surface area contributed by atoms with Crippen molar-refractivity contribution in [2.45, 2.75) is 10.1 Å². The van der Waals surface area contributed by atoms with Gasteiger partial charge in [0.1, 0.15) is 5.82 Å². The minimum absolute atomic E-state index is 0.491. The molecule has 0 bridgehead atoms. The van der Waals surface area contributed by atoms with Gasteiger partial charge in [-0.1, -0.05) is 0 Å². The number of anilines is 1. The first-order valence-corrected chi connectivity index (χ1v) is 4.69. The van der Waals surface area contributed by atoms with E-state index in [1.165, 1.54) is 11.8 Å². The summed E-state index contributed by atoms with van der Waals surface area (Å²) in [6.07, 6.45) is 1.65. The number of tetrazole rings is 1. The molecule has 0 unspecified atom stereocenters. The van der Waals surface area contributed by atoms with Gasteiger partial charge in [0, 0.05) is 18.1 Å². The van der Waals surface area contributed by atoms with E-state index in [0.29, 0.717) is 5.82 Å². The zero-order valence-corrected chi connectivity index (χ0v) is 8.27. The molecule has 0 radical (unpaired) electrons. The first kappa shape index (κ1) is 8.95. The molecule has 6 nitrogen and oxygen atoms in total. The van der Waals surface area contributed by atoms with Crippen LogP contribution in [0, 0.1) is 0 Å². The number of hydrogen-bond donors (Lipinski definition) is 1. The highest BCUT2D eigenvalue weighted by molar-refractivity contribution is 7.99. The average Bonchev–Trinajstić information content (AvgIpc) is 2.52. The molecule has 0 amide bonds. The summed E-state index contributed by atoms with van der Waals surface area (Å²) in [6.45, 7) is 0. The van der Waals surface area contributed by atoms with Gasteiger partial charge in [0.2, 0.25) is 5.16 Å². The number of nitrogen functional groups attached to an aromatic ring is 1. The SMILES string of the molecule is Cn1nnnc1Sc1ccnc(N)c1. The zero-order valence-electron chi connectivity index (χ0n) is 7.45.